The Labute approximate surface area is 227 Å². The van der Waals surface area contributed by atoms with E-state index in [-0.39, 0.29) is 23.1 Å². The number of methoxy groups -OCH3 is 1. The Hall–Kier alpha value is -4.34. The second-order valence-corrected chi connectivity index (χ2v) is 9.26. The number of ether oxygens (including phenoxy) is 5. The first kappa shape index (κ1) is 29.2. The van der Waals surface area contributed by atoms with Gasteiger partial charge in [0.1, 0.15) is 24.0 Å². The maximum absolute atomic E-state index is 13.0. The molecule has 0 aliphatic carbocycles. The van der Waals surface area contributed by atoms with Gasteiger partial charge in [-0.05, 0) is 42.7 Å². The zero-order valence-electron chi connectivity index (χ0n) is 22.9. The number of esters is 2. The lowest BCUT2D eigenvalue weighted by Gasteiger charge is -2.29. The molecule has 1 amide bonds. The highest BCUT2D eigenvalue weighted by Crippen LogP contribution is 2.30. The van der Waals surface area contributed by atoms with Gasteiger partial charge in [-0.2, -0.15) is 0 Å². The number of carbonyl (C=O) groups excluding carboxylic acids is 3. The molecule has 0 bridgehead atoms. The van der Waals surface area contributed by atoms with Crippen molar-refractivity contribution in [1.29, 1.82) is 0 Å². The number of nitrogens with zero attached hydrogens (tertiary/aromatic N) is 1. The SMILES string of the molecule is COc1ccnc(C(=O)N[C@@H](C)C(=O)O[C@@H](C)[C@H](Oc2ccc3ccccc3c2)C(C)C)c1OCOC(C)=O. The van der Waals surface area contributed by atoms with E-state index < -0.39 is 42.9 Å². The third-order valence-electron chi connectivity index (χ3n) is 5.88. The van der Waals surface area contributed by atoms with Crippen LogP contribution >= 0.6 is 0 Å². The molecular formula is C29H34N2O8. The van der Waals surface area contributed by atoms with E-state index in [0.717, 1.165) is 10.8 Å². The molecule has 0 unspecified atom stereocenters. The molecular weight excluding hydrogens is 504 g/mol. The number of hydrogen-bond acceptors (Lipinski definition) is 9. The Morgan fingerprint density at radius 1 is 0.974 bits per heavy atom. The minimum Gasteiger partial charge on any atom is -0.493 e. The standard InChI is InChI=1S/C29H34N2O8/c1-17(2)26(39-23-12-11-21-9-7-8-10-22(21)15-23)19(4)38-29(34)18(3)31-28(33)25-27(37-16-36-20(5)32)24(35-6)13-14-30-25/h7-15,17-19,26H,16H2,1-6H3,(H,31,33)/t18-,19-,26+/m0/s1. The average molecular weight is 539 g/mol. The van der Waals surface area contributed by atoms with Crippen molar-refractivity contribution >= 4 is 28.6 Å². The van der Waals surface area contributed by atoms with E-state index in [4.69, 9.17) is 23.7 Å². The fraction of sp³-hybridized carbons (Fsp3) is 0.379. The number of benzene rings is 2. The van der Waals surface area contributed by atoms with E-state index in [9.17, 15) is 14.4 Å². The zero-order valence-corrected chi connectivity index (χ0v) is 22.9. The van der Waals surface area contributed by atoms with Crippen molar-refractivity contribution in [3.8, 4) is 17.2 Å². The van der Waals surface area contributed by atoms with Gasteiger partial charge < -0.3 is 29.0 Å². The highest BCUT2D eigenvalue weighted by Gasteiger charge is 2.30. The fourth-order valence-electron chi connectivity index (χ4n) is 3.91. The third kappa shape index (κ3) is 7.83. The summed E-state index contributed by atoms with van der Waals surface area (Å²) in [6.07, 6.45) is 0.315. The molecule has 0 radical (unpaired) electrons. The second kappa shape index (κ2) is 13.5. The summed E-state index contributed by atoms with van der Waals surface area (Å²) in [4.78, 5) is 41.0. The van der Waals surface area contributed by atoms with Crippen LogP contribution in [0.3, 0.4) is 0 Å². The van der Waals surface area contributed by atoms with Crippen LogP contribution in [0.1, 0.15) is 45.1 Å². The zero-order chi connectivity index (χ0) is 28.5. The molecule has 0 aliphatic heterocycles. The summed E-state index contributed by atoms with van der Waals surface area (Å²) in [5, 5.41) is 4.71. The summed E-state index contributed by atoms with van der Waals surface area (Å²) < 4.78 is 27.3. The first-order valence-corrected chi connectivity index (χ1v) is 12.6. The molecule has 0 saturated heterocycles. The van der Waals surface area contributed by atoms with Crippen LogP contribution in [0.2, 0.25) is 0 Å². The quantitative estimate of drug-likeness (QED) is 0.266. The molecule has 10 heteroatoms. The molecule has 3 rings (SSSR count). The van der Waals surface area contributed by atoms with Gasteiger partial charge in [-0.15, -0.1) is 0 Å². The van der Waals surface area contributed by atoms with Crippen LogP contribution in [0.15, 0.2) is 54.7 Å². The van der Waals surface area contributed by atoms with Gasteiger partial charge in [0.25, 0.3) is 5.91 Å². The van der Waals surface area contributed by atoms with Crippen molar-refractivity contribution < 1.29 is 38.1 Å². The van der Waals surface area contributed by atoms with Gasteiger partial charge in [-0.1, -0.05) is 44.2 Å². The Morgan fingerprint density at radius 2 is 1.69 bits per heavy atom. The lowest BCUT2D eigenvalue weighted by Crippen LogP contribution is -2.44. The minimum atomic E-state index is -1.01. The Morgan fingerprint density at radius 3 is 2.36 bits per heavy atom. The topological polar surface area (TPSA) is 122 Å². The van der Waals surface area contributed by atoms with Gasteiger partial charge in [-0.25, -0.2) is 9.78 Å². The van der Waals surface area contributed by atoms with Gasteiger partial charge in [-0.3, -0.25) is 9.59 Å². The van der Waals surface area contributed by atoms with Crippen molar-refractivity contribution in [3.05, 3.63) is 60.4 Å². The Bertz CT molecular complexity index is 1310. The van der Waals surface area contributed by atoms with E-state index in [1.807, 2.05) is 56.3 Å². The van der Waals surface area contributed by atoms with E-state index in [2.05, 4.69) is 10.3 Å². The largest absolute Gasteiger partial charge is 0.493 e. The van der Waals surface area contributed by atoms with Gasteiger partial charge in [0.2, 0.25) is 6.79 Å². The molecule has 10 nitrogen and oxygen atoms in total. The van der Waals surface area contributed by atoms with E-state index in [0.29, 0.717) is 5.75 Å². The van der Waals surface area contributed by atoms with Crippen molar-refractivity contribution in [2.45, 2.75) is 52.9 Å². The Balaban J connectivity index is 1.66. The van der Waals surface area contributed by atoms with Crippen molar-refractivity contribution in [2.24, 2.45) is 5.92 Å². The monoisotopic (exact) mass is 538 g/mol. The highest BCUT2D eigenvalue weighted by molar-refractivity contribution is 5.98. The predicted octanol–water partition coefficient (Wildman–Crippen LogP) is 4.30. The van der Waals surface area contributed by atoms with Gasteiger partial charge in [0, 0.05) is 19.2 Å². The van der Waals surface area contributed by atoms with Crippen molar-refractivity contribution in [2.75, 3.05) is 13.9 Å². The average Bonchev–Trinajstić information content (AvgIpc) is 2.90. The summed E-state index contributed by atoms with van der Waals surface area (Å²) in [5.74, 6) is -1.03. The molecule has 1 aromatic heterocycles. The molecule has 0 aliphatic rings. The molecule has 1 heterocycles. The molecule has 2 aromatic carbocycles. The number of fused-ring (bicyclic) bond motifs is 1. The van der Waals surface area contributed by atoms with Crippen LogP contribution < -0.4 is 19.5 Å². The maximum Gasteiger partial charge on any atom is 0.328 e. The van der Waals surface area contributed by atoms with E-state index >= 15 is 0 Å². The van der Waals surface area contributed by atoms with Crippen LogP contribution in [-0.4, -0.2) is 55.0 Å². The van der Waals surface area contributed by atoms with Crippen LogP contribution in [0, 0.1) is 5.92 Å². The van der Waals surface area contributed by atoms with E-state index in [1.54, 1.807) is 6.92 Å². The number of rotatable bonds is 12. The first-order chi connectivity index (χ1) is 18.6. The van der Waals surface area contributed by atoms with E-state index in [1.165, 1.54) is 33.2 Å². The summed E-state index contributed by atoms with van der Waals surface area (Å²) in [6, 6.07) is 14.3. The van der Waals surface area contributed by atoms with Crippen LogP contribution in [0.25, 0.3) is 10.8 Å². The second-order valence-electron chi connectivity index (χ2n) is 9.26. The highest BCUT2D eigenvalue weighted by atomic mass is 16.7. The number of pyridine rings is 1. The van der Waals surface area contributed by atoms with Crippen LogP contribution in [-0.2, 0) is 19.1 Å². The van der Waals surface area contributed by atoms with Crippen LogP contribution in [0.5, 0.6) is 17.2 Å². The molecule has 0 fully saturated rings. The van der Waals surface area contributed by atoms with Crippen molar-refractivity contribution in [3.63, 3.8) is 0 Å². The molecule has 208 valence electrons. The number of amides is 1. The molecule has 0 saturated carbocycles. The maximum atomic E-state index is 13.0. The number of aromatic nitrogens is 1. The normalized spacial score (nSPS) is 13.2. The van der Waals surface area contributed by atoms with Crippen LogP contribution in [0.4, 0.5) is 0 Å². The lowest BCUT2D eigenvalue weighted by molar-refractivity contribution is -0.156. The third-order valence-corrected chi connectivity index (χ3v) is 5.88. The molecule has 1 N–H and O–H groups in total. The summed E-state index contributed by atoms with van der Waals surface area (Å²) in [6.45, 7) is 7.99. The van der Waals surface area contributed by atoms with Crippen molar-refractivity contribution in [1.82, 2.24) is 10.3 Å². The molecule has 0 spiro atoms. The molecule has 3 aromatic rings. The molecule has 39 heavy (non-hydrogen) atoms. The van der Waals surface area contributed by atoms with Gasteiger partial charge in [0.15, 0.2) is 17.2 Å². The van der Waals surface area contributed by atoms with Gasteiger partial charge in [0.05, 0.1) is 7.11 Å². The molecule has 3 atom stereocenters. The van der Waals surface area contributed by atoms with Gasteiger partial charge >= 0.3 is 11.9 Å². The fourth-order valence-corrected chi connectivity index (χ4v) is 3.91. The summed E-state index contributed by atoms with van der Waals surface area (Å²) in [7, 11) is 1.39. The minimum absolute atomic E-state index is 0.0297. The summed E-state index contributed by atoms with van der Waals surface area (Å²) in [5.41, 5.74) is -0.145. The lowest BCUT2D eigenvalue weighted by atomic mass is 10.0. The first-order valence-electron chi connectivity index (χ1n) is 12.6. The number of carbonyl (C=O) groups is 3. The number of hydrogen-bond donors (Lipinski definition) is 1. The smallest absolute Gasteiger partial charge is 0.328 e. The number of nitrogens with one attached hydrogen (secondary N) is 1. The Kier molecular flexibility index (Phi) is 10.1. The summed E-state index contributed by atoms with van der Waals surface area (Å²) >= 11 is 0. The predicted molar refractivity (Wildman–Crippen MR) is 144 cm³/mol.